The molecular formula is C19H22N2O6S. The molecule has 0 fully saturated rings. The minimum Gasteiger partial charge on any atom is -0.497 e. The Kier molecular flexibility index (Phi) is 7.00. The number of carbonyl (C=O) groups excluding carboxylic acids is 3. The van der Waals surface area contributed by atoms with Crippen molar-refractivity contribution >= 4 is 39.8 Å². The molecule has 0 radical (unpaired) electrons. The summed E-state index contributed by atoms with van der Waals surface area (Å²) >= 11 is 1.01. The summed E-state index contributed by atoms with van der Waals surface area (Å²) < 4.78 is 15.2. The number of ether oxygens (including phenoxy) is 3. The van der Waals surface area contributed by atoms with Gasteiger partial charge in [0.25, 0.3) is 5.91 Å². The van der Waals surface area contributed by atoms with Gasteiger partial charge in [-0.2, -0.15) is 0 Å². The number of hydrogen-bond donors (Lipinski definition) is 2. The number of carbonyl (C=O) groups is 3. The van der Waals surface area contributed by atoms with Crippen molar-refractivity contribution in [3.8, 4) is 11.5 Å². The van der Waals surface area contributed by atoms with Crippen LogP contribution in [0.25, 0.3) is 0 Å². The number of thiophene rings is 1. The van der Waals surface area contributed by atoms with Gasteiger partial charge in [0, 0.05) is 12.5 Å². The smallest absolute Gasteiger partial charge is 0.341 e. The largest absolute Gasteiger partial charge is 0.497 e. The summed E-state index contributed by atoms with van der Waals surface area (Å²) in [6.07, 6.45) is 0.236. The first kappa shape index (κ1) is 21.2. The molecule has 8 nitrogen and oxygen atoms in total. The summed E-state index contributed by atoms with van der Waals surface area (Å²) in [4.78, 5) is 37.1. The van der Waals surface area contributed by atoms with E-state index in [0.717, 1.165) is 11.3 Å². The molecule has 0 aliphatic rings. The Morgan fingerprint density at radius 3 is 2.36 bits per heavy atom. The summed E-state index contributed by atoms with van der Waals surface area (Å²) in [5.41, 5.74) is 0.998. The highest BCUT2D eigenvalue weighted by Gasteiger charge is 2.26. The number of nitrogens with one attached hydrogen (secondary N) is 2. The highest BCUT2D eigenvalue weighted by atomic mass is 32.1. The van der Waals surface area contributed by atoms with Gasteiger partial charge in [-0.1, -0.05) is 6.92 Å². The molecule has 0 saturated carbocycles. The average molecular weight is 406 g/mol. The lowest BCUT2D eigenvalue weighted by molar-refractivity contribution is -0.115. The third kappa shape index (κ3) is 4.42. The minimum absolute atomic E-state index is 0.164. The average Bonchev–Trinajstić information content (AvgIpc) is 3.02. The van der Waals surface area contributed by atoms with Gasteiger partial charge in [0.05, 0.1) is 37.5 Å². The summed E-state index contributed by atoms with van der Waals surface area (Å²) in [5.74, 6) is -0.344. The lowest BCUT2D eigenvalue weighted by Crippen LogP contribution is -2.14. The fourth-order valence-electron chi connectivity index (χ4n) is 2.47. The summed E-state index contributed by atoms with van der Waals surface area (Å²) in [7, 11) is 4.25. The van der Waals surface area contributed by atoms with Gasteiger partial charge in [-0.25, -0.2) is 4.79 Å². The van der Waals surface area contributed by atoms with E-state index in [-0.39, 0.29) is 27.8 Å². The molecule has 0 spiro atoms. The number of esters is 1. The van der Waals surface area contributed by atoms with Crippen LogP contribution in [0.2, 0.25) is 0 Å². The zero-order valence-corrected chi connectivity index (χ0v) is 17.1. The van der Waals surface area contributed by atoms with Crippen molar-refractivity contribution in [1.82, 2.24) is 0 Å². The van der Waals surface area contributed by atoms with Crippen LogP contribution >= 0.6 is 11.3 Å². The predicted octanol–water partition coefficient (Wildman–Crippen LogP) is 3.46. The number of benzene rings is 1. The van der Waals surface area contributed by atoms with Crippen LogP contribution in [0.3, 0.4) is 0 Å². The van der Waals surface area contributed by atoms with Gasteiger partial charge in [0.15, 0.2) is 0 Å². The SMILES string of the molecule is CCC(=O)Nc1sc(C(=O)Nc2cc(OC)ccc2OC)c(C)c1C(=O)OC. The number of hydrogen-bond acceptors (Lipinski definition) is 7. The second kappa shape index (κ2) is 9.23. The van der Waals surface area contributed by atoms with Crippen LogP contribution in [-0.4, -0.2) is 39.1 Å². The Bertz CT molecular complexity index is 906. The molecule has 0 unspecified atom stereocenters. The van der Waals surface area contributed by atoms with Crippen molar-refractivity contribution in [3.05, 3.63) is 34.2 Å². The molecular weight excluding hydrogens is 384 g/mol. The van der Waals surface area contributed by atoms with Crippen molar-refractivity contribution in [3.63, 3.8) is 0 Å². The van der Waals surface area contributed by atoms with Crippen LogP contribution in [-0.2, 0) is 9.53 Å². The van der Waals surface area contributed by atoms with E-state index in [1.807, 2.05) is 0 Å². The quantitative estimate of drug-likeness (QED) is 0.683. The molecule has 1 aromatic heterocycles. The molecule has 0 saturated heterocycles. The summed E-state index contributed by atoms with van der Waals surface area (Å²) in [5, 5.41) is 5.69. The molecule has 0 atom stereocenters. The molecule has 2 rings (SSSR count). The van der Waals surface area contributed by atoms with E-state index >= 15 is 0 Å². The standard InChI is InChI=1S/C19H22N2O6S/c1-6-14(22)21-18-15(19(24)27-5)10(2)16(28-18)17(23)20-12-9-11(25-3)7-8-13(12)26-4/h7-9H,6H2,1-5H3,(H,20,23)(H,21,22). The van der Waals surface area contributed by atoms with Gasteiger partial charge >= 0.3 is 5.97 Å². The summed E-state index contributed by atoms with van der Waals surface area (Å²) in [6, 6.07) is 5.00. The molecule has 1 aromatic carbocycles. The summed E-state index contributed by atoms with van der Waals surface area (Å²) in [6.45, 7) is 3.32. The number of anilines is 2. The van der Waals surface area contributed by atoms with Crippen molar-refractivity contribution in [2.24, 2.45) is 0 Å². The van der Waals surface area contributed by atoms with Gasteiger partial charge < -0.3 is 24.8 Å². The Morgan fingerprint density at radius 1 is 1.07 bits per heavy atom. The van der Waals surface area contributed by atoms with Crippen molar-refractivity contribution < 1.29 is 28.6 Å². The maximum Gasteiger partial charge on any atom is 0.341 e. The Labute approximate surface area is 166 Å². The molecule has 2 amide bonds. The highest BCUT2D eigenvalue weighted by Crippen LogP contribution is 2.35. The van der Waals surface area contributed by atoms with Crippen molar-refractivity contribution in [2.45, 2.75) is 20.3 Å². The van der Waals surface area contributed by atoms with Gasteiger partial charge in [0.1, 0.15) is 16.5 Å². The molecule has 2 aromatic rings. The maximum absolute atomic E-state index is 12.9. The molecule has 28 heavy (non-hydrogen) atoms. The van der Waals surface area contributed by atoms with E-state index < -0.39 is 11.9 Å². The molecule has 0 aliphatic carbocycles. The Morgan fingerprint density at radius 2 is 1.79 bits per heavy atom. The van der Waals surface area contributed by atoms with Crippen LogP contribution in [0.15, 0.2) is 18.2 Å². The maximum atomic E-state index is 12.9. The van der Waals surface area contributed by atoms with E-state index in [9.17, 15) is 14.4 Å². The first-order valence-corrected chi connectivity index (χ1v) is 9.22. The monoisotopic (exact) mass is 406 g/mol. The number of amides is 2. The van der Waals surface area contributed by atoms with E-state index in [0.29, 0.717) is 22.7 Å². The second-order valence-corrected chi connectivity index (χ2v) is 6.69. The van der Waals surface area contributed by atoms with Crippen LogP contribution < -0.4 is 20.1 Å². The fraction of sp³-hybridized carbons (Fsp3) is 0.316. The van der Waals surface area contributed by atoms with E-state index in [1.54, 1.807) is 32.0 Å². The van der Waals surface area contributed by atoms with Crippen LogP contribution in [0.1, 0.15) is 38.9 Å². The van der Waals surface area contributed by atoms with Crippen LogP contribution in [0.5, 0.6) is 11.5 Å². The van der Waals surface area contributed by atoms with E-state index in [1.165, 1.54) is 21.3 Å². The second-order valence-electron chi connectivity index (χ2n) is 5.67. The Balaban J connectivity index is 2.43. The zero-order chi connectivity index (χ0) is 20.8. The molecule has 0 bridgehead atoms. The minimum atomic E-state index is -0.627. The topological polar surface area (TPSA) is 103 Å². The molecule has 9 heteroatoms. The molecule has 2 N–H and O–H groups in total. The predicted molar refractivity (Wildman–Crippen MR) is 107 cm³/mol. The van der Waals surface area contributed by atoms with E-state index in [2.05, 4.69) is 10.6 Å². The number of methoxy groups -OCH3 is 3. The molecule has 0 aliphatic heterocycles. The highest BCUT2D eigenvalue weighted by molar-refractivity contribution is 7.18. The van der Waals surface area contributed by atoms with Crippen LogP contribution in [0.4, 0.5) is 10.7 Å². The lowest BCUT2D eigenvalue weighted by atomic mass is 10.1. The fourth-order valence-corrected chi connectivity index (χ4v) is 3.58. The molecule has 1 heterocycles. The lowest BCUT2D eigenvalue weighted by Gasteiger charge is -2.11. The van der Waals surface area contributed by atoms with Crippen LogP contribution in [0, 0.1) is 6.92 Å². The third-order valence-electron chi connectivity index (χ3n) is 3.97. The van der Waals surface area contributed by atoms with Gasteiger partial charge in [-0.3, -0.25) is 9.59 Å². The number of rotatable bonds is 7. The zero-order valence-electron chi connectivity index (χ0n) is 16.3. The first-order chi connectivity index (χ1) is 13.4. The van der Waals surface area contributed by atoms with Gasteiger partial charge in [0.2, 0.25) is 5.91 Å². The molecule has 150 valence electrons. The van der Waals surface area contributed by atoms with Crippen molar-refractivity contribution in [2.75, 3.05) is 32.0 Å². The van der Waals surface area contributed by atoms with Crippen molar-refractivity contribution in [1.29, 1.82) is 0 Å². The Hall–Kier alpha value is -3.07. The van der Waals surface area contributed by atoms with E-state index in [4.69, 9.17) is 14.2 Å². The first-order valence-electron chi connectivity index (χ1n) is 8.41. The third-order valence-corrected chi connectivity index (χ3v) is 5.18. The van der Waals surface area contributed by atoms with Gasteiger partial charge in [-0.05, 0) is 24.6 Å². The van der Waals surface area contributed by atoms with Gasteiger partial charge in [-0.15, -0.1) is 11.3 Å². The normalized spacial score (nSPS) is 10.2.